The highest BCUT2D eigenvalue weighted by atomic mass is 32.2. The van der Waals surface area contributed by atoms with E-state index in [2.05, 4.69) is 73.1 Å². The molecule has 5 rings (SSSR count). The average molecular weight is 481 g/mol. The molecule has 7 nitrogen and oxygen atoms in total. The lowest BCUT2D eigenvalue weighted by Crippen LogP contribution is -2.37. The number of H-pyrrole nitrogens is 1. The second-order valence-electron chi connectivity index (χ2n) is 8.05. The van der Waals surface area contributed by atoms with Crippen molar-refractivity contribution < 1.29 is 4.74 Å². The van der Waals surface area contributed by atoms with E-state index in [1.54, 1.807) is 6.33 Å². The third kappa shape index (κ3) is 4.91. The Hall–Kier alpha value is -2.46. The van der Waals surface area contributed by atoms with Gasteiger partial charge in [0.1, 0.15) is 12.1 Å². The number of nitrogens with one attached hydrogen (secondary N) is 2. The first-order valence-electron chi connectivity index (χ1n) is 11.3. The summed E-state index contributed by atoms with van der Waals surface area (Å²) in [5.74, 6) is 1.90. The van der Waals surface area contributed by atoms with Crippen LogP contribution >= 0.6 is 24.0 Å². The molecule has 0 aliphatic carbocycles. The van der Waals surface area contributed by atoms with Crippen molar-refractivity contribution in [3.63, 3.8) is 0 Å². The van der Waals surface area contributed by atoms with Crippen molar-refractivity contribution in [2.45, 2.75) is 24.9 Å². The van der Waals surface area contributed by atoms with Crippen molar-refractivity contribution in [1.82, 2.24) is 24.4 Å². The van der Waals surface area contributed by atoms with Crippen LogP contribution in [0.2, 0.25) is 0 Å². The molecule has 4 aromatic rings. The molecule has 2 N–H and O–H groups in total. The van der Waals surface area contributed by atoms with Gasteiger partial charge in [0.15, 0.2) is 4.77 Å². The van der Waals surface area contributed by atoms with Crippen LogP contribution in [0.3, 0.4) is 0 Å². The number of benzene rings is 2. The molecule has 1 aliphatic heterocycles. The lowest BCUT2D eigenvalue weighted by molar-refractivity contribution is 0.0410. The summed E-state index contributed by atoms with van der Waals surface area (Å²) in [6.45, 7) is 8.46. The third-order valence-electron chi connectivity index (χ3n) is 6.03. The zero-order chi connectivity index (χ0) is 22.6. The van der Waals surface area contributed by atoms with Crippen LogP contribution in [-0.2, 0) is 17.8 Å². The van der Waals surface area contributed by atoms with Crippen LogP contribution in [0.15, 0.2) is 47.6 Å². The van der Waals surface area contributed by atoms with Gasteiger partial charge in [-0.15, -0.1) is 11.8 Å². The number of thioether (sulfide) groups is 1. The Labute approximate surface area is 202 Å². The van der Waals surface area contributed by atoms with E-state index in [0.29, 0.717) is 6.54 Å². The maximum absolute atomic E-state index is 5.47. The molecule has 1 saturated heterocycles. The topological polar surface area (TPSA) is 71.0 Å². The number of anilines is 1. The summed E-state index contributed by atoms with van der Waals surface area (Å²) in [5.41, 5.74) is 4.26. The van der Waals surface area contributed by atoms with Gasteiger partial charge in [-0.25, -0.2) is 9.97 Å². The highest BCUT2D eigenvalue weighted by Crippen LogP contribution is 2.27. The summed E-state index contributed by atoms with van der Waals surface area (Å²) in [5, 5.41) is 4.53. The van der Waals surface area contributed by atoms with E-state index < -0.39 is 0 Å². The Morgan fingerprint density at radius 2 is 2.03 bits per heavy atom. The molecule has 33 heavy (non-hydrogen) atoms. The lowest BCUT2D eigenvalue weighted by atomic mass is 10.2. The van der Waals surface area contributed by atoms with Crippen LogP contribution in [0.1, 0.15) is 12.5 Å². The molecule has 0 saturated carbocycles. The number of imidazole rings is 1. The van der Waals surface area contributed by atoms with E-state index in [1.165, 1.54) is 10.5 Å². The average Bonchev–Trinajstić information content (AvgIpc) is 3.16. The molecule has 0 radical (unpaired) electrons. The quantitative estimate of drug-likeness (QED) is 0.280. The molecular formula is C24H28N6OS2. The summed E-state index contributed by atoms with van der Waals surface area (Å²) in [7, 11) is 0. The molecule has 172 valence electrons. The number of ether oxygens (including phenoxy) is 1. The van der Waals surface area contributed by atoms with E-state index in [0.717, 1.165) is 77.7 Å². The number of hydrogen-bond acceptors (Lipinski definition) is 7. The second kappa shape index (κ2) is 10.2. The summed E-state index contributed by atoms with van der Waals surface area (Å²) < 4.78 is 8.27. The molecule has 0 unspecified atom stereocenters. The molecule has 2 aromatic carbocycles. The van der Waals surface area contributed by atoms with Gasteiger partial charge in [0.2, 0.25) is 0 Å². The molecule has 0 amide bonds. The van der Waals surface area contributed by atoms with Gasteiger partial charge in [0.25, 0.3) is 0 Å². The first kappa shape index (κ1) is 22.3. The Kier molecular flexibility index (Phi) is 6.91. The SMILES string of the molecule is CCn1c(=S)[nH]c2cc3c(NCc4ccccc4SCCN4CCOCC4)ncnc3cc21. The van der Waals surface area contributed by atoms with Crippen LogP contribution in [-0.4, -0.2) is 63.0 Å². The minimum Gasteiger partial charge on any atom is -0.379 e. The van der Waals surface area contributed by atoms with Gasteiger partial charge in [0.05, 0.1) is 29.8 Å². The van der Waals surface area contributed by atoms with E-state index in [9.17, 15) is 0 Å². The molecule has 1 aliphatic rings. The van der Waals surface area contributed by atoms with Crippen molar-refractivity contribution in [3.8, 4) is 0 Å². The van der Waals surface area contributed by atoms with Gasteiger partial charge < -0.3 is 19.6 Å². The van der Waals surface area contributed by atoms with Crippen molar-refractivity contribution in [1.29, 1.82) is 0 Å². The molecule has 2 aromatic heterocycles. The molecule has 3 heterocycles. The lowest BCUT2D eigenvalue weighted by Gasteiger charge is -2.26. The van der Waals surface area contributed by atoms with Crippen molar-refractivity contribution in [3.05, 3.63) is 53.1 Å². The molecule has 0 bridgehead atoms. The Morgan fingerprint density at radius 3 is 2.88 bits per heavy atom. The Balaban J connectivity index is 1.32. The van der Waals surface area contributed by atoms with Crippen molar-refractivity contribution in [2.75, 3.05) is 43.9 Å². The van der Waals surface area contributed by atoms with Crippen LogP contribution in [0.25, 0.3) is 21.9 Å². The number of fused-ring (bicyclic) bond motifs is 2. The predicted octanol–water partition coefficient (Wildman–Crippen LogP) is 4.70. The maximum Gasteiger partial charge on any atom is 0.178 e. The Bertz CT molecular complexity index is 1310. The molecular weight excluding hydrogens is 452 g/mol. The van der Waals surface area contributed by atoms with Gasteiger partial charge in [-0.3, -0.25) is 4.90 Å². The largest absolute Gasteiger partial charge is 0.379 e. The smallest absolute Gasteiger partial charge is 0.178 e. The normalized spacial score (nSPS) is 14.8. The van der Waals surface area contributed by atoms with Gasteiger partial charge in [-0.05, 0) is 42.9 Å². The van der Waals surface area contributed by atoms with Crippen LogP contribution in [0.4, 0.5) is 5.82 Å². The van der Waals surface area contributed by atoms with Gasteiger partial charge in [-0.2, -0.15) is 0 Å². The van der Waals surface area contributed by atoms with Crippen LogP contribution < -0.4 is 5.32 Å². The van der Waals surface area contributed by atoms with Gasteiger partial charge in [0, 0.05) is 48.8 Å². The van der Waals surface area contributed by atoms with E-state index >= 15 is 0 Å². The third-order valence-corrected chi connectivity index (χ3v) is 7.45. The number of hydrogen-bond donors (Lipinski definition) is 2. The van der Waals surface area contributed by atoms with E-state index in [-0.39, 0.29) is 0 Å². The maximum atomic E-state index is 5.47. The fourth-order valence-electron chi connectivity index (χ4n) is 4.24. The number of aryl methyl sites for hydroxylation is 1. The number of aromatic nitrogens is 4. The number of morpholine rings is 1. The van der Waals surface area contributed by atoms with Gasteiger partial charge >= 0.3 is 0 Å². The van der Waals surface area contributed by atoms with Crippen LogP contribution in [0, 0.1) is 4.77 Å². The Morgan fingerprint density at radius 1 is 1.18 bits per heavy atom. The first-order valence-corrected chi connectivity index (χ1v) is 12.7. The van der Waals surface area contributed by atoms with Crippen LogP contribution in [0.5, 0.6) is 0 Å². The van der Waals surface area contributed by atoms with E-state index in [4.69, 9.17) is 17.0 Å². The van der Waals surface area contributed by atoms with E-state index in [1.807, 2.05) is 11.8 Å². The number of aromatic amines is 1. The number of nitrogens with zero attached hydrogens (tertiary/aromatic N) is 4. The fraction of sp³-hybridized carbons (Fsp3) is 0.375. The summed E-state index contributed by atoms with van der Waals surface area (Å²) in [4.78, 5) is 16.1. The fourth-order valence-corrected chi connectivity index (χ4v) is 5.65. The monoisotopic (exact) mass is 480 g/mol. The van der Waals surface area contributed by atoms with Crippen molar-refractivity contribution >= 4 is 51.7 Å². The molecule has 9 heteroatoms. The minimum atomic E-state index is 0.705. The molecule has 0 spiro atoms. The summed E-state index contributed by atoms with van der Waals surface area (Å²) >= 11 is 7.39. The zero-order valence-corrected chi connectivity index (χ0v) is 20.3. The van der Waals surface area contributed by atoms with Crippen molar-refractivity contribution in [2.24, 2.45) is 0 Å². The highest BCUT2D eigenvalue weighted by molar-refractivity contribution is 7.99. The summed E-state index contributed by atoms with van der Waals surface area (Å²) in [6.07, 6.45) is 1.62. The zero-order valence-electron chi connectivity index (χ0n) is 18.7. The highest BCUT2D eigenvalue weighted by Gasteiger charge is 2.12. The molecule has 0 atom stereocenters. The first-order chi connectivity index (χ1) is 16.2. The predicted molar refractivity (Wildman–Crippen MR) is 138 cm³/mol. The van der Waals surface area contributed by atoms with Gasteiger partial charge in [-0.1, -0.05) is 18.2 Å². The summed E-state index contributed by atoms with van der Waals surface area (Å²) in [6, 6.07) is 12.8. The molecule has 1 fully saturated rings. The second-order valence-corrected chi connectivity index (χ2v) is 9.57. The minimum absolute atomic E-state index is 0.705. The number of rotatable bonds is 8. The standard InChI is InChI=1S/C24H28N6OS2/c1-2-30-21-14-19-18(13-20(21)28-24(30)32)23(27-16-26-19)25-15-17-5-3-4-6-22(17)33-12-9-29-7-10-31-11-8-29/h3-6,13-14,16H,2,7-12,15H2,1H3,(H,28,32)(H,25,26,27).